The molecule has 0 spiro atoms. The zero-order valence-electron chi connectivity index (χ0n) is 20.6. The van der Waals surface area contributed by atoms with Crippen molar-refractivity contribution in [2.45, 2.75) is 110 Å². The molecule has 0 amide bonds. The second kappa shape index (κ2) is 11.5. The molecule has 0 bridgehead atoms. The maximum absolute atomic E-state index is 14.4. The molecule has 1 N–H and O–H groups in total. The molecule has 1 aliphatic rings. The van der Waals surface area contributed by atoms with Gasteiger partial charge in [0.1, 0.15) is 0 Å². The Morgan fingerprint density at radius 1 is 0.722 bits per heavy atom. The molecule has 0 aromatic carbocycles. The molecular formula is C23H35F12N. The molecule has 0 aromatic heterocycles. The molecule has 1 fully saturated rings. The number of alkyl halides is 12. The molecule has 1 saturated heterocycles. The van der Waals surface area contributed by atoms with Crippen LogP contribution in [0, 0.1) is 22.2 Å². The maximum atomic E-state index is 14.4. The third-order valence-corrected chi connectivity index (χ3v) is 8.23. The monoisotopic (exact) mass is 553 g/mol. The molecule has 1 rings (SSSR count). The quantitative estimate of drug-likeness (QED) is 0.233. The highest BCUT2D eigenvalue weighted by Crippen LogP contribution is 2.67. The van der Waals surface area contributed by atoms with Gasteiger partial charge in [-0.05, 0) is 76.8 Å². The molecule has 0 aromatic rings. The molecule has 2 atom stereocenters. The van der Waals surface area contributed by atoms with Gasteiger partial charge in [0.25, 0.3) is 0 Å². The summed E-state index contributed by atoms with van der Waals surface area (Å²) in [7, 11) is 0. The zero-order chi connectivity index (χ0) is 28.3. The Hall–Kier alpha value is -0.880. The molecule has 1 aliphatic heterocycles. The van der Waals surface area contributed by atoms with Gasteiger partial charge in [-0.1, -0.05) is 32.6 Å². The number of hydrogen-bond donors (Lipinski definition) is 1. The van der Waals surface area contributed by atoms with Crippen LogP contribution in [-0.4, -0.2) is 37.8 Å². The minimum Gasteiger partial charge on any atom is -0.317 e. The molecule has 1 nitrogen and oxygen atoms in total. The highest BCUT2D eigenvalue weighted by Gasteiger charge is 2.76. The summed E-state index contributed by atoms with van der Waals surface area (Å²) < 4.78 is 166. The first-order valence-corrected chi connectivity index (χ1v) is 12.1. The van der Waals surface area contributed by atoms with Gasteiger partial charge >= 0.3 is 24.7 Å². The molecule has 0 radical (unpaired) electrons. The van der Waals surface area contributed by atoms with Crippen molar-refractivity contribution in [1.29, 1.82) is 0 Å². The van der Waals surface area contributed by atoms with Crippen LogP contribution in [0.1, 0.15) is 85.0 Å². The van der Waals surface area contributed by atoms with Gasteiger partial charge in [-0.3, -0.25) is 0 Å². The van der Waals surface area contributed by atoms with Crippen LogP contribution in [0.5, 0.6) is 0 Å². The lowest BCUT2D eigenvalue weighted by molar-refractivity contribution is -0.382. The SMILES string of the molecule is CCCC1CCCNCCCC1(CCCCC(C)(C(F)(F)F)C(F)(F)F)C(C)(C(F)(F)F)C(F)(F)F. The second-order valence-electron chi connectivity index (χ2n) is 10.3. The lowest BCUT2D eigenvalue weighted by Crippen LogP contribution is -2.61. The third kappa shape index (κ3) is 6.39. The minimum absolute atomic E-state index is 0.0323. The Labute approximate surface area is 203 Å². The van der Waals surface area contributed by atoms with Crippen molar-refractivity contribution in [1.82, 2.24) is 5.32 Å². The van der Waals surface area contributed by atoms with E-state index in [1.807, 2.05) is 0 Å². The molecular weight excluding hydrogens is 518 g/mol. The van der Waals surface area contributed by atoms with Gasteiger partial charge in [-0.2, -0.15) is 52.7 Å². The average Bonchev–Trinajstić information content (AvgIpc) is 2.79. The Morgan fingerprint density at radius 3 is 1.67 bits per heavy atom. The lowest BCUT2D eigenvalue weighted by atomic mass is 9.51. The van der Waals surface area contributed by atoms with E-state index < -0.39 is 79.0 Å². The van der Waals surface area contributed by atoms with Gasteiger partial charge in [0, 0.05) is 0 Å². The van der Waals surface area contributed by atoms with E-state index in [0.29, 0.717) is 13.0 Å². The lowest BCUT2D eigenvalue weighted by Gasteiger charge is -2.54. The fraction of sp³-hybridized carbons (Fsp3) is 1.00. The summed E-state index contributed by atoms with van der Waals surface area (Å²) in [6, 6.07) is 0. The van der Waals surface area contributed by atoms with Crippen LogP contribution in [0.3, 0.4) is 0 Å². The van der Waals surface area contributed by atoms with E-state index in [2.05, 4.69) is 5.32 Å². The largest absolute Gasteiger partial charge is 0.403 e. The number of unbranched alkanes of at least 4 members (excludes halogenated alkanes) is 1. The van der Waals surface area contributed by atoms with E-state index >= 15 is 0 Å². The number of halogens is 12. The van der Waals surface area contributed by atoms with E-state index in [1.165, 1.54) is 0 Å². The van der Waals surface area contributed by atoms with E-state index in [4.69, 9.17) is 0 Å². The van der Waals surface area contributed by atoms with E-state index in [1.54, 1.807) is 6.92 Å². The summed E-state index contributed by atoms with van der Waals surface area (Å²) in [6.07, 6.45) is -26.4. The number of nitrogens with one attached hydrogen (secondary N) is 1. The predicted molar refractivity (Wildman–Crippen MR) is 111 cm³/mol. The zero-order valence-corrected chi connectivity index (χ0v) is 20.6. The topological polar surface area (TPSA) is 12.0 Å². The highest BCUT2D eigenvalue weighted by molar-refractivity contribution is 5.07. The standard InChI is InChI=1S/C23H35F12N/c1-4-9-16-10-7-14-36-15-8-13-19(16,18(3,22(30,31)32)23(33,34)35)12-6-5-11-17(2,20(24,25)26)21(27,28)29/h16,36H,4-15H2,1-3H3. The van der Waals surface area contributed by atoms with Crippen molar-refractivity contribution >= 4 is 0 Å². The maximum Gasteiger partial charge on any atom is 0.403 e. The van der Waals surface area contributed by atoms with Crippen molar-refractivity contribution < 1.29 is 52.7 Å². The van der Waals surface area contributed by atoms with Crippen LogP contribution in [0.4, 0.5) is 52.7 Å². The average molecular weight is 554 g/mol. The van der Waals surface area contributed by atoms with Crippen LogP contribution >= 0.6 is 0 Å². The Balaban J connectivity index is 3.54. The van der Waals surface area contributed by atoms with Crippen molar-refractivity contribution in [2.24, 2.45) is 22.2 Å². The van der Waals surface area contributed by atoms with Crippen molar-refractivity contribution in [2.75, 3.05) is 13.1 Å². The highest BCUT2D eigenvalue weighted by atomic mass is 19.4. The number of rotatable bonds is 8. The molecule has 0 saturated carbocycles. The van der Waals surface area contributed by atoms with Gasteiger partial charge in [0.05, 0.1) is 0 Å². The Kier molecular flexibility index (Phi) is 10.6. The van der Waals surface area contributed by atoms with Crippen LogP contribution < -0.4 is 5.32 Å². The molecule has 36 heavy (non-hydrogen) atoms. The summed E-state index contributed by atoms with van der Waals surface area (Å²) in [5.74, 6) is -1.06. The second-order valence-corrected chi connectivity index (χ2v) is 10.3. The van der Waals surface area contributed by atoms with Crippen LogP contribution in [-0.2, 0) is 0 Å². The Morgan fingerprint density at radius 2 is 1.22 bits per heavy atom. The summed E-state index contributed by atoms with van der Waals surface area (Å²) in [5, 5.41) is 2.96. The van der Waals surface area contributed by atoms with Gasteiger partial charge in [-0.15, -0.1) is 0 Å². The van der Waals surface area contributed by atoms with Crippen LogP contribution in [0.25, 0.3) is 0 Å². The smallest absolute Gasteiger partial charge is 0.317 e. The first-order valence-electron chi connectivity index (χ1n) is 12.1. The Bertz CT molecular complexity index is 649. The fourth-order valence-corrected chi connectivity index (χ4v) is 5.70. The minimum atomic E-state index is -5.73. The third-order valence-electron chi connectivity index (χ3n) is 8.23. The van der Waals surface area contributed by atoms with Gasteiger partial charge in [-0.25, -0.2) is 0 Å². The van der Waals surface area contributed by atoms with Crippen molar-refractivity contribution in [3.05, 3.63) is 0 Å². The van der Waals surface area contributed by atoms with Crippen molar-refractivity contribution in [3.63, 3.8) is 0 Å². The van der Waals surface area contributed by atoms with Gasteiger partial charge in [0.15, 0.2) is 10.8 Å². The van der Waals surface area contributed by atoms with E-state index in [0.717, 1.165) is 0 Å². The fourth-order valence-electron chi connectivity index (χ4n) is 5.70. The predicted octanol–water partition coefficient (Wildman–Crippen LogP) is 9.37. The van der Waals surface area contributed by atoms with Crippen LogP contribution in [0.15, 0.2) is 0 Å². The molecule has 216 valence electrons. The molecule has 0 aliphatic carbocycles. The first-order chi connectivity index (χ1) is 16.1. The summed E-state index contributed by atoms with van der Waals surface area (Å²) >= 11 is 0. The van der Waals surface area contributed by atoms with E-state index in [9.17, 15) is 52.7 Å². The van der Waals surface area contributed by atoms with E-state index in [-0.39, 0.29) is 46.1 Å². The first kappa shape index (κ1) is 33.1. The normalized spacial score (nSPS) is 24.2. The molecule has 1 heterocycles. The summed E-state index contributed by atoms with van der Waals surface area (Å²) in [6.45, 7) is 2.24. The summed E-state index contributed by atoms with van der Waals surface area (Å²) in [5.41, 5.74) is -10.7. The molecule has 2 unspecified atom stereocenters. The molecule has 13 heteroatoms. The summed E-state index contributed by atoms with van der Waals surface area (Å²) in [4.78, 5) is 0. The van der Waals surface area contributed by atoms with Gasteiger partial charge < -0.3 is 5.32 Å². The van der Waals surface area contributed by atoms with Crippen molar-refractivity contribution in [3.8, 4) is 0 Å². The van der Waals surface area contributed by atoms with Gasteiger partial charge in [0.2, 0.25) is 0 Å². The van der Waals surface area contributed by atoms with Crippen LogP contribution in [0.2, 0.25) is 0 Å². The number of hydrogen-bond acceptors (Lipinski definition) is 1.